The fraction of sp³-hybridized carbons (Fsp3) is 0.588. The Hall–Kier alpha value is -1.28. The molecule has 0 amide bonds. The molecule has 3 rings (SSSR count). The number of hydrogen-bond donors (Lipinski definition) is 1. The van der Waals surface area contributed by atoms with Crippen molar-refractivity contribution in [2.75, 3.05) is 31.1 Å². The Kier molecular flexibility index (Phi) is 6.50. The molecule has 22 heavy (non-hydrogen) atoms. The number of anilines is 1. The van der Waals surface area contributed by atoms with Gasteiger partial charge in [-0.25, -0.2) is 0 Å². The van der Waals surface area contributed by atoms with Gasteiger partial charge in [-0.05, 0) is 63.0 Å². The number of rotatable bonds is 3. The summed E-state index contributed by atoms with van der Waals surface area (Å²) < 4.78 is 6.24. The maximum atomic E-state index is 8.84. The van der Waals surface area contributed by atoms with Crippen LogP contribution in [0.15, 0.2) is 24.3 Å². The summed E-state index contributed by atoms with van der Waals surface area (Å²) in [5.74, 6) is 0. The van der Waals surface area contributed by atoms with Crippen molar-refractivity contribution in [2.24, 2.45) is 0 Å². The van der Waals surface area contributed by atoms with E-state index in [9.17, 15) is 0 Å². The first-order valence-corrected chi connectivity index (χ1v) is 7.96. The molecule has 2 aliphatic rings. The maximum absolute atomic E-state index is 8.84. The number of ether oxygens (including phenoxy) is 1. The van der Waals surface area contributed by atoms with Crippen molar-refractivity contribution in [3.63, 3.8) is 0 Å². The zero-order valence-corrected chi connectivity index (χ0v) is 13.6. The number of piperidine rings is 2. The Bertz CT molecular complexity index is 486. The minimum Gasteiger partial charge on any atom is -0.375 e. The van der Waals surface area contributed by atoms with Crippen molar-refractivity contribution in [3.8, 4) is 6.07 Å². The van der Waals surface area contributed by atoms with Gasteiger partial charge in [-0.2, -0.15) is 5.26 Å². The number of nitrogens with one attached hydrogen (secondary N) is 1. The highest BCUT2D eigenvalue weighted by Crippen LogP contribution is 2.23. The van der Waals surface area contributed by atoms with Gasteiger partial charge in [-0.3, -0.25) is 0 Å². The molecule has 0 aromatic heterocycles. The topological polar surface area (TPSA) is 48.3 Å². The molecule has 0 atom stereocenters. The van der Waals surface area contributed by atoms with Gasteiger partial charge in [0.25, 0.3) is 0 Å². The van der Waals surface area contributed by atoms with Crippen LogP contribution in [0.5, 0.6) is 0 Å². The Labute approximate surface area is 138 Å². The van der Waals surface area contributed by atoms with Crippen molar-refractivity contribution in [1.29, 1.82) is 5.26 Å². The molecule has 1 aromatic rings. The SMILES string of the molecule is Cl.N#Cc1ccc(N2CCC(OC3CCNCC3)CC2)cc1. The molecular formula is C17H24ClN3O. The molecule has 4 nitrogen and oxygen atoms in total. The maximum Gasteiger partial charge on any atom is 0.0991 e. The second-order valence-corrected chi connectivity index (χ2v) is 5.93. The summed E-state index contributed by atoms with van der Waals surface area (Å²) in [4.78, 5) is 2.39. The first kappa shape index (κ1) is 17.1. The van der Waals surface area contributed by atoms with Crippen molar-refractivity contribution in [3.05, 3.63) is 29.8 Å². The normalized spacial score (nSPS) is 20.2. The highest BCUT2D eigenvalue weighted by Gasteiger charge is 2.23. The summed E-state index contributed by atoms with van der Waals surface area (Å²) >= 11 is 0. The molecule has 0 unspecified atom stereocenters. The Morgan fingerprint density at radius 1 is 1.00 bits per heavy atom. The lowest BCUT2D eigenvalue weighted by Gasteiger charge is -2.36. The number of halogens is 1. The van der Waals surface area contributed by atoms with E-state index in [0.717, 1.165) is 57.4 Å². The van der Waals surface area contributed by atoms with Crippen LogP contribution in [0.3, 0.4) is 0 Å². The lowest BCUT2D eigenvalue weighted by Crippen LogP contribution is -2.40. The molecule has 5 heteroatoms. The van der Waals surface area contributed by atoms with Crippen LogP contribution in [0.1, 0.15) is 31.2 Å². The van der Waals surface area contributed by atoms with E-state index in [1.807, 2.05) is 24.3 Å². The van der Waals surface area contributed by atoms with Crippen molar-refractivity contribution in [1.82, 2.24) is 5.32 Å². The quantitative estimate of drug-likeness (QED) is 0.930. The van der Waals surface area contributed by atoms with E-state index < -0.39 is 0 Å². The smallest absolute Gasteiger partial charge is 0.0991 e. The first-order valence-electron chi connectivity index (χ1n) is 7.96. The summed E-state index contributed by atoms with van der Waals surface area (Å²) in [6.07, 6.45) is 5.37. The molecule has 0 spiro atoms. The molecule has 1 aromatic carbocycles. The molecule has 1 N–H and O–H groups in total. The number of hydrogen-bond acceptors (Lipinski definition) is 4. The Balaban J connectivity index is 0.00000176. The van der Waals surface area contributed by atoms with Crippen molar-refractivity contribution in [2.45, 2.75) is 37.9 Å². The second kappa shape index (κ2) is 8.38. The van der Waals surface area contributed by atoms with Crippen LogP contribution in [0, 0.1) is 11.3 Å². The van der Waals surface area contributed by atoms with Gasteiger partial charge in [-0.15, -0.1) is 12.4 Å². The molecule has 2 fully saturated rings. The minimum absolute atomic E-state index is 0. The van der Waals surface area contributed by atoms with E-state index >= 15 is 0 Å². The van der Waals surface area contributed by atoms with Crippen LogP contribution in [0.4, 0.5) is 5.69 Å². The van der Waals surface area contributed by atoms with Gasteiger partial charge in [0.1, 0.15) is 0 Å². The Morgan fingerprint density at radius 2 is 1.59 bits per heavy atom. The van der Waals surface area contributed by atoms with Gasteiger partial charge in [0.15, 0.2) is 0 Å². The predicted molar refractivity (Wildman–Crippen MR) is 90.6 cm³/mol. The van der Waals surface area contributed by atoms with E-state index in [0.29, 0.717) is 12.2 Å². The molecular weight excluding hydrogens is 298 g/mol. The lowest BCUT2D eigenvalue weighted by atomic mass is 10.0. The van der Waals surface area contributed by atoms with E-state index in [2.05, 4.69) is 16.3 Å². The van der Waals surface area contributed by atoms with Gasteiger partial charge in [0.05, 0.1) is 23.8 Å². The molecule has 2 aliphatic heterocycles. The van der Waals surface area contributed by atoms with Gasteiger partial charge in [0.2, 0.25) is 0 Å². The van der Waals surface area contributed by atoms with Crippen LogP contribution in [0.2, 0.25) is 0 Å². The zero-order chi connectivity index (χ0) is 14.5. The van der Waals surface area contributed by atoms with E-state index in [4.69, 9.17) is 10.00 Å². The standard InChI is InChI=1S/C17H23N3O.ClH/c18-13-14-1-3-15(4-2-14)20-11-7-17(8-12-20)21-16-5-9-19-10-6-16;/h1-4,16-17,19H,5-12H2;1H. The molecule has 120 valence electrons. The average molecular weight is 322 g/mol. The second-order valence-electron chi connectivity index (χ2n) is 5.93. The number of nitriles is 1. The lowest BCUT2D eigenvalue weighted by molar-refractivity contribution is -0.0363. The summed E-state index contributed by atoms with van der Waals surface area (Å²) in [6.45, 7) is 4.27. The summed E-state index contributed by atoms with van der Waals surface area (Å²) in [7, 11) is 0. The molecule has 2 heterocycles. The van der Waals surface area contributed by atoms with Crippen LogP contribution >= 0.6 is 12.4 Å². The molecule has 0 saturated carbocycles. The van der Waals surface area contributed by atoms with Crippen LogP contribution in [-0.4, -0.2) is 38.4 Å². The summed E-state index contributed by atoms with van der Waals surface area (Å²) in [5, 5.41) is 12.2. The number of benzene rings is 1. The third-order valence-electron chi connectivity index (χ3n) is 4.47. The van der Waals surface area contributed by atoms with Gasteiger partial charge in [0, 0.05) is 18.8 Å². The van der Waals surface area contributed by atoms with Gasteiger partial charge in [-0.1, -0.05) is 0 Å². The largest absolute Gasteiger partial charge is 0.375 e. The third kappa shape index (κ3) is 4.36. The third-order valence-corrected chi connectivity index (χ3v) is 4.47. The highest BCUT2D eigenvalue weighted by molar-refractivity contribution is 5.85. The van der Waals surface area contributed by atoms with Crippen LogP contribution in [0.25, 0.3) is 0 Å². The fourth-order valence-corrected chi connectivity index (χ4v) is 3.20. The van der Waals surface area contributed by atoms with Crippen molar-refractivity contribution < 1.29 is 4.74 Å². The van der Waals surface area contributed by atoms with Crippen molar-refractivity contribution >= 4 is 18.1 Å². The highest BCUT2D eigenvalue weighted by atomic mass is 35.5. The number of nitrogens with zero attached hydrogens (tertiary/aromatic N) is 2. The predicted octanol–water partition coefficient (Wildman–Crippen LogP) is 2.72. The molecule has 0 aliphatic carbocycles. The molecule has 2 saturated heterocycles. The minimum atomic E-state index is 0. The van der Waals surface area contributed by atoms with Gasteiger partial charge < -0.3 is 15.0 Å². The van der Waals surface area contributed by atoms with Crippen LogP contribution < -0.4 is 10.2 Å². The monoisotopic (exact) mass is 321 g/mol. The van der Waals surface area contributed by atoms with E-state index in [1.165, 1.54) is 5.69 Å². The molecule has 0 radical (unpaired) electrons. The average Bonchev–Trinajstić information content (AvgIpc) is 2.57. The summed E-state index contributed by atoms with van der Waals surface area (Å²) in [6, 6.07) is 10.1. The first-order chi connectivity index (χ1) is 10.3. The van der Waals surface area contributed by atoms with Gasteiger partial charge >= 0.3 is 0 Å². The van der Waals surface area contributed by atoms with E-state index in [1.54, 1.807) is 0 Å². The summed E-state index contributed by atoms with van der Waals surface area (Å²) in [5.41, 5.74) is 1.94. The van der Waals surface area contributed by atoms with E-state index in [-0.39, 0.29) is 12.4 Å². The molecule has 0 bridgehead atoms. The fourth-order valence-electron chi connectivity index (χ4n) is 3.20. The Morgan fingerprint density at radius 3 is 2.18 bits per heavy atom. The zero-order valence-electron chi connectivity index (χ0n) is 12.8. The van der Waals surface area contributed by atoms with Crippen LogP contribution in [-0.2, 0) is 4.74 Å².